The molecule has 1 unspecified atom stereocenters. The van der Waals surface area contributed by atoms with Crippen LogP contribution in [0, 0.1) is 6.92 Å². The van der Waals surface area contributed by atoms with Crippen molar-refractivity contribution in [1.82, 2.24) is 9.97 Å². The first-order chi connectivity index (χ1) is 7.22. The summed E-state index contributed by atoms with van der Waals surface area (Å²) in [6.07, 6.45) is 0. The minimum absolute atomic E-state index is 0.289. The summed E-state index contributed by atoms with van der Waals surface area (Å²) < 4.78 is 0. The first-order valence-corrected chi connectivity index (χ1v) is 5.90. The van der Waals surface area contributed by atoms with Gasteiger partial charge in [0.15, 0.2) is 0 Å². The summed E-state index contributed by atoms with van der Waals surface area (Å²) in [6.45, 7) is 4.75. The lowest BCUT2D eigenvalue weighted by Gasteiger charge is -2.02. The molecular formula is C11H15N3S. The number of nitrogens with two attached hydrogens (primary N) is 1. The molecule has 0 bridgehead atoms. The fourth-order valence-corrected chi connectivity index (χ4v) is 2.25. The highest BCUT2D eigenvalue weighted by atomic mass is 32.1. The average molecular weight is 221 g/mol. The summed E-state index contributed by atoms with van der Waals surface area (Å²) in [7, 11) is 0. The van der Waals surface area contributed by atoms with E-state index in [2.05, 4.69) is 35.3 Å². The molecule has 0 aromatic carbocycles. The molecule has 3 N–H and O–H groups in total. The maximum Gasteiger partial charge on any atom is 0.111 e. The maximum atomic E-state index is 5.62. The molecule has 80 valence electrons. The van der Waals surface area contributed by atoms with Crippen molar-refractivity contribution < 1.29 is 0 Å². The van der Waals surface area contributed by atoms with Gasteiger partial charge in [0.1, 0.15) is 11.5 Å². The first kappa shape index (κ1) is 10.4. The van der Waals surface area contributed by atoms with E-state index in [4.69, 9.17) is 5.73 Å². The van der Waals surface area contributed by atoms with Crippen molar-refractivity contribution in [1.29, 1.82) is 0 Å². The van der Waals surface area contributed by atoms with Crippen LogP contribution in [0.25, 0.3) is 10.6 Å². The lowest BCUT2D eigenvalue weighted by molar-refractivity contribution is 0.723. The topological polar surface area (TPSA) is 54.7 Å². The highest BCUT2D eigenvalue weighted by Gasteiger charge is 2.13. The van der Waals surface area contributed by atoms with Crippen LogP contribution in [0.2, 0.25) is 0 Å². The summed E-state index contributed by atoms with van der Waals surface area (Å²) in [6, 6.07) is 4.13. The number of rotatable bonds is 3. The highest BCUT2D eigenvalue weighted by molar-refractivity contribution is 7.13. The molecule has 0 fully saturated rings. The predicted molar refractivity (Wildman–Crippen MR) is 64.1 cm³/mol. The third-order valence-corrected chi connectivity index (χ3v) is 3.35. The van der Waals surface area contributed by atoms with Gasteiger partial charge in [-0.25, -0.2) is 4.98 Å². The smallest absolute Gasteiger partial charge is 0.111 e. The monoisotopic (exact) mass is 221 g/mol. The van der Waals surface area contributed by atoms with E-state index in [1.165, 1.54) is 4.88 Å². The van der Waals surface area contributed by atoms with Gasteiger partial charge >= 0.3 is 0 Å². The Hall–Kier alpha value is -1.13. The summed E-state index contributed by atoms with van der Waals surface area (Å²) in [5.41, 5.74) is 7.80. The van der Waals surface area contributed by atoms with E-state index in [9.17, 15) is 0 Å². The van der Waals surface area contributed by atoms with Crippen molar-refractivity contribution >= 4 is 11.3 Å². The number of thiophene rings is 1. The Kier molecular flexibility index (Phi) is 2.88. The minimum atomic E-state index is 0.289. The summed E-state index contributed by atoms with van der Waals surface area (Å²) in [5.74, 6) is 1.27. The van der Waals surface area contributed by atoms with Crippen LogP contribution in [0.1, 0.15) is 24.4 Å². The Morgan fingerprint density at radius 2 is 2.40 bits per heavy atom. The molecule has 4 heteroatoms. The van der Waals surface area contributed by atoms with Crippen molar-refractivity contribution in [2.75, 3.05) is 6.54 Å². The molecule has 0 aliphatic carbocycles. The Morgan fingerprint density at radius 1 is 1.60 bits per heavy atom. The second-order valence-electron chi connectivity index (χ2n) is 3.71. The molecule has 0 radical (unpaired) electrons. The Bertz CT molecular complexity index is 431. The standard InChI is InChI=1S/C11H15N3S/c1-7(6-12)11-13-8(2)10(14-11)9-4-3-5-15-9/h3-5,7H,6,12H2,1-2H3,(H,13,14). The molecule has 2 aromatic heterocycles. The van der Waals surface area contributed by atoms with E-state index >= 15 is 0 Å². The second-order valence-corrected chi connectivity index (χ2v) is 4.66. The minimum Gasteiger partial charge on any atom is -0.345 e. The molecule has 0 saturated carbocycles. The lowest BCUT2D eigenvalue weighted by atomic mass is 10.2. The zero-order valence-corrected chi connectivity index (χ0v) is 9.77. The van der Waals surface area contributed by atoms with Crippen LogP contribution in [0.4, 0.5) is 0 Å². The molecule has 2 heterocycles. The van der Waals surface area contributed by atoms with Crippen molar-refractivity contribution in [3.63, 3.8) is 0 Å². The molecule has 0 spiro atoms. The van der Waals surface area contributed by atoms with Crippen LogP contribution in [0.15, 0.2) is 17.5 Å². The van der Waals surface area contributed by atoms with Gasteiger partial charge in [-0.15, -0.1) is 11.3 Å². The molecule has 1 atom stereocenters. The molecule has 0 aliphatic heterocycles. The molecule has 0 amide bonds. The van der Waals surface area contributed by atoms with Gasteiger partial charge in [-0.2, -0.15) is 0 Å². The van der Waals surface area contributed by atoms with Gasteiger partial charge in [0.25, 0.3) is 0 Å². The summed E-state index contributed by atoms with van der Waals surface area (Å²) in [5, 5.41) is 2.06. The van der Waals surface area contributed by atoms with Gasteiger partial charge in [-0.1, -0.05) is 13.0 Å². The van der Waals surface area contributed by atoms with Crippen LogP contribution in [0.5, 0.6) is 0 Å². The van der Waals surface area contributed by atoms with E-state index in [1.54, 1.807) is 11.3 Å². The average Bonchev–Trinajstić information content (AvgIpc) is 2.84. The molecule has 0 aliphatic rings. The SMILES string of the molecule is Cc1[nH]c(C(C)CN)nc1-c1cccs1. The van der Waals surface area contributed by atoms with Gasteiger partial charge in [0.05, 0.1) is 4.88 Å². The number of nitrogens with one attached hydrogen (secondary N) is 1. The number of hydrogen-bond donors (Lipinski definition) is 2. The zero-order chi connectivity index (χ0) is 10.8. The van der Waals surface area contributed by atoms with E-state index in [0.29, 0.717) is 6.54 Å². The number of aromatic nitrogens is 2. The van der Waals surface area contributed by atoms with Gasteiger partial charge in [-0.3, -0.25) is 0 Å². The second kappa shape index (κ2) is 4.16. The molecular weight excluding hydrogens is 206 g/mol. The predicted octanol–water partition coefficient (Wildman–Crippen LogP) is 2.51. The largest absolute Gasteiger partial charge is 0.345 e. The van der Waals surface area contributed by atoms with Gasteiger partial charge < -0.3 is 10.7 Å². The fourth-order valence-electron chi connectivity index (χ4n) is 1.48. The van der Waals surface area contributed by atoms with Crippen LogP contribution < -0.4 is 5.73 Å². The Labute approximate surface area is 93.4 Å². The molecule has 15 heavy (non-hydrogen) atoms. The molecule has 0 saturated heterocycles. The van der Waals surface area contributed by atoms with Crippen LogP contribution >= 0.6 is 11.3 Å². The highest BCUT2D eigenvalue weighted by Crippen LogP contribution is 2.27. The van der Waals surface area contributed by atoms with E-state index in [1.807, 2.05) is 6.07 Å². The number of aryl methyl sites for hydroxylation is 1. The number of nitrogens with zero attached hydrogens (tertiary/aromatic N) is 1. The van der Waals surface area contributed by atoms with Crippen LogP contribution in [-0.4, -0.2) is 16.5 Å². The third kappa shape index (κ3) is 1.96. The zero-order valence-electron chi connectivity index (χ0n) is 8.95. The first-order valence-electron chi connectivity index (χ1n) is 5.02. The van der Waals surface area contributed by atoms with Gasteiger partial charge in [0, 0.05) is 18.2 Å². The maximum absolute atomic E-state index is 5.62. The van der Waals surface area contributed by atoms with Crippen LogP contribution in [-0.2, 0) is 0 Å². The van der Waals surface area contributed by atoms with Crippen molar-refractivity contribution in [3.05, 3.63) is 29.0 Å². The van der Waals surface area contributed by atoms with Gasteiger partial charge in [0.2, 0.25) is 0 Å². The molecule has 3 nitrogen and oxygen atoms in total. The Balaban J connectivity index is 2.38. The Morgan fingerprint density at radius 3 is 3.00 bits per heavy atom. The summed E-state index contributed by atoms with van der Waals surface area (Å²) >= 11 is 1.71. The molecule has 2 aromatic rings. The van der Waals surface area contributed by atoms with E-state index < -0.39 is 0 Å². The molecule has 2 rings (SSSR count). The fraction of sp³-hybridized carbons (Fsp3) is 0.364. The number of hydrogen-bond acceptors (Lipinski definition) is 3. The third-order valence-electron chi connectivity index (χ3n) is 2.48. The van der Waals surface area contributed by atoms with Crippen molar-refractivity contribution in [2.24, 2.45) is 5.73 Å². The number of aromatic amines is 1. The number of H-pyrrole nitrogens is 1. The van der Waals surface area contributed by atoms with E-state index in [0.717, 1.165) is 17.2 Å². The van der Waals surface area contributed by atoms with Crippen molar-refractivity contribution in [2.45, 2.75) is 19.8 Å². The number of imidazole rings is 1. The quantitative estimate of drug-likeness (QED) is 0.836. The normalized spacial score (nSPS) is 13.0. The lowest BCUT2D eigenvalue weighted by Crippen LogP contribution is -2.10. The van der Waals surface area contributed by atoms with Gasteiger partial charge in [-0.05, 0) is 18.4 Å². The van der Waals surface area contributed by atoms with Crippen molar-refractivity contribution in [3.8, 4) is 10.6 Å². The summed E-state index contributed by atoms with van der Waals surface area (Å²) in [4.78, 5) is 9.10. The van der Waals surface area contributed by atoms with E-state index in [-0.39, 0.29) is 5.92 Å². The van der Waals surface area contributed by atoms with Crippen LogP contribution in [0.3, 0.4) is 0 Å².